The number of hydrogen-bond acceptors (Lipinski definition) is 13. The Morgan fingerprint density at radius 3 is 1.36 bits per heavy atom. The van der Waals surface area contributed by atoms with Crippen LogP contribution in [0.1, 0.15) is 125 Å². The van der Waals surface area contributed by atoms with Gasteiger partial charge < -0.3 is 19.6 Å². The van der Waals surface area contributed by atoms with E-state index in [1.165, 1.54) is 103 Å². The number of nitro groups is 2. The van der Waals surface area contributed by atoms with Crippen molar-refractivity contribution in [2.24, 2.45) is 0 Å². The summed E-state index contributed by atoms with van der Waals surface area (Å²) in [6, 6.07) is 48.2. The fourth-order valence-electron chi connectivity index (χ4n) is 16.5. The number of anilines is 2. The van der Waals surface area contributed by atoms with E-state index in [-0.39, 0.29) is 47.8 Å². The molecule has 0 N–H and O–H groups in total. The van der Waals surface area contributed by atoms with Gasteiger partial charge in [-0.25, -0.2) is 8.42 Å². The lowest BCUT2D eigenvalue weighted by molar-refractivity contribution is -0.777. The molecular formula is C76H72Br2N6O10S2. The molecule has 8 aromatic rings. The fourth-order valence-corrected chi connectivity index (χ4v) is 18.3. The molecule has 0 unspecified atom stereocenters. The van der Waals surface area contributed by atoms with Crippen molar-refractivity contribution in [2.45, 2.75) is 136 Å². The largest absolute Gasteiger partial charge is 0.744 e. The molecule has 8 aromatic carbocycles. The minimum atomic E-state index is -4.43. The number of allylic oxidation sites excluding steroid dienone is 8. The van der Waals surface area contributed by atoms with Crippen LogP contribution in [0.2, 0.25) is 0 Å². The van der Waals surface area contributed by atoms with Gasteiger partial charge in [-0.15, -0.1) is 0 Å². The predicted molar refractivity (Wildman–Crippen MR) is 382 cm³/mol. The Labute approximate surface area is 580 Å². The highest BCUT2D eigenvalue weighted by atomic mass is 79.9. The first-order valence-corrected chi connectivity index (χ1v) is 36.1. The summed E-state index contributed by atoms with van der Waals surface area (Å²) in [6.07, 6.45) is 24.2. The van der Waals surface area contributed by atoms with E-state index in [9.17, 15) is 38.5 Å². The number of hydrogen-bond donors (Lipinski definition) is 0. The molecule has 0 aromatic heterocycles. The monoisotopic (exact) mass is 1450 g/mol. The third-order valence-electron chi connectivity index (χ3n) is 20.9. The van der Waals surface area contributed by atoms with Crippen LogP contribution < -0.4 is 15.1 Å². The van der Waals surface area contributed by atoms with Crippen molar-refractivity contribution in [3.05, 3.63) is 256 Å². The van der Waals surface area contributed by atoms with Crippen LogP contribution in [-0.4, -0.2) is 57.5 Å². The topological polar surface area (TPSA) is 197 Å². The maximum atomic E-state index is 12.2. The highest BCUT2D eigenvalue weighted by molar-refractivity contribution is 9.11. The molecule has 0 atom stereocenters. The zero-order chi connectivity index (χ0) is 67.6. The van der Waals surface area contributed by atoms with Gasteiger partial charge in [0.25, 0.3) is 11.4 Å². The number of halogens is 2. The SMILES string of the molecule is CN1/C(=C/C=C/C2=[N+](Cc3ccc(C[N+]4=C(/C=C/C=C5/N(C)c6cc(Br)c([N+](=O)[O-])cc6C56CCCCC6)C(C)(C)c5c4ccc4ccccc54)cc3)c3ccc4ccccc4c3C2(C)C)C2(CCCCC2)c2cc([N+](=O)[O-])c(Br)cc21.O=S(=O)([O-])c1ccc(SOO[O-])cc1. The molecule has 2 spiro atoms. The van der Waals surface area contributed by atoms with E-state index in [0.717, 1.165) is 86.0 Å². The molecule has 4 aliphatic heterocycles. The Hall–Kier alpha value is -7.92. The van der Waals surface area contributed by atoms with E-state index in [0.29, 0.717) is 39.0 Å². The second-order valence-corrected chi connectivity index (χ2v) is 30.8. The molecular weight excluding hydrogens is 1380 g/mol. The van der Waals surface area contributed by atoms with Gasteiger partial charge in [0.2, 0.25) is 11.4 Å². The number of likely N-dealkylation sites (N-methyl/N-ethyl adjacent to an activating group) is 2. The van der Waals surface area contributed by atoms with E-state index < -0.39 is 10.1 Å². The highest BCUT2D eigenvalue weighted by Crippen LogP contribution is 2.59. The van der Waals surface area contributed by atoms with Gasteiger partial charge in [-0.2, -0.15) is 13.5 Å². The van der Waals surface area contributed by atoms with Crippen molar-refractivity contribution in [1.29, 1.82) is 0 Å². The Morgan fingerprint density at radius 1 is 0.573 bits per heavy atom. The normalized spacial score (nSPS) is 18.9. The highest BCUT2D eigenvalue weighted by Gasteiger charge is 2.51. The van der Waals surface area contributed by atoms with E-state index >= 15 is 0 Å². The van der Waals surface area contributed by atoms with E-state index in [1.54, 1.807) is 0 Å². The third-order valence-corrected chi connectivity index (χ3v) is 23.6. The minimum absolute atomic E-state index is 0.120. The van der Waals surface area contributed by atoms with Crippen LogP contribution in [0.3, 0.4) is 0 Å². The molecule has 0 saturated heterocycles. The van der Waals surface area contributed by atoms with Crippen LogP contribution in [0.15, 0.2) is 212 Å². The Kier molecular flexibility index (Phi) is 18.2. The van der Waals surface area contributed by atoms with Gasteiger partial charge in [0, 0.05) is 111 Å². The summed E-state index contributed by atoms with van der Waals surface area (Å²) in [7, 11) is -0.204. The molecule has 2 aliphatic carbocycles. The van der Waals surface area contributed by atoms with Crippen LogP contribution >= 0.6 is 43.9 Å². The van der Waals surface area contributed by atoms with Gasteiger partial charge in [0.1, 0.15) is 10.1 Å². The van der Waals surface area contributed by atoms with Crippen molar-refractivity contribution in [1.82, 2.24) is 0 Å². The summed E-state index contributed by atoms with van der Waals surface area (Å²) in [5.74, 6) is 0. The van der Waals surface area contributed by atoms with Gasteiger partial charge in [-0.05, 0) is 179 Å². The van der Waals surface area contributed by atoms with Crippen LogP contribution in [0.5, 0.6) is 0 Å². The van der Waals surface area contributed by atoms with Crippen LogP contribution in [0.25, 0.3) is 21.5 Å². The zero-order valence-corrected chi connectivity index (χ0v) is 58.9. The smallest absolute Gasteiger partial charge is 0.283 e. The zero-order valence-electron chi connectivity index (χ0n) is 54.1. The molecule has 4 heterocycles. The van der Waals surface area contributed by atoms with Crippen molar-refractivity contribution in [3.63, 3.8) is 0 Å². The number of nitro benzene ring substituents is 2. The maximum absolute atomic E-state index is 12.2. The van der Waals surface area contributed by atoms with Gasteiger partial charge >= 0.3 is 0 Å². The average molecular weight is 1450 g/mol. The first kappa shape index (κ1) is 66.7. The van der Waals surface area contributed by atoms with Gasteiger partial charge in [0.05, 0.1) is 46.6 Å². The Morgan fingerprint density at radius 2 is 0.979 bits per heavy atom. The molecule has 2 saturated carbocycles. The summed E-state index contributed by atoms with van der Waals surface area (Å²) in [5.41, 5.74) is 15.5. The van der Waals surface area contributed by atoms with Crippen LogP contribution in [-0.2, 0) is 54.2 Å². The summed E-state index contributed by atoms with van der Waals surface area (Å²) in [5, 5.41) is 42.0. The Bertz CT molecular complexity index is 4550. The minimum Gasteiger partial charge on any atom is -0.744 e. The molecule has 20 heteroatoms. The number of fused-ring (bicyclic) bond motifs is 10. The maximum Gasteiger partial charge on any atom is 0.283 e. The van der Waals surface area contributed by atoms with Crippen molar-refractivity contribution < 1.29 is 46.6 Å². The van der Waals surface area contributed by atoms with Crippen molar-refractivity contribution in [3.8, 4) is 0 Å². The predicted octanol–water partition coefficient (Wildman–Crippen LogP) is 17.9. The molecule has 0 radical (unpaired) electrons. The number of rotatable bonds is 14. The molecule has 0 bridgehead atoms. The second-order valence-electron chi connectivity index (χ2n) is 26.9. The number of benzene rings is 8. The van der Waals surface area contributed by atoms with Crippen LogP contribution in [0, 0.1) is 20.2 Å². The van der Waals surface area contributed by atoms with E-state index in [1.807, 2.05) is 24.3 Å². The molecule has 2 fully saturated rings. The van der Waals surface area contributed by atoms with Gasteiger partial charge in [-0.1, -0.05) is 123 Å². The van der Waals surface area contributed by atoms with Gasteiger partial charge in [-0.3, -0.25) is 25.3 Å². The molecule has 16 nitrogen and oxygen atoms in total. The summed E-state index contributed by atoms with van der Waals surface area (Å²) in [6.45, 7) is 10.8. The van der Waals surface area contributed by atoms with Crippen LogP contribution in [0.4, 0.5) is 34.1 Å². The molecule has 14 rings (SSSR count). The fraction of sp³-hybridized carbons (Fsp3) is 0.289. The molecule has 0 amide bonds. The average Bonchev–Trinajstić information content (AvgIpc) is 1.59. The number of nitrogens with zero attached hydrogens (tertiary/aromatic N) is 6. The lowest BCUT2D eigenvalue weighted by atomic mass is 9.68. The summed E-state index contributed by atoms with van der Waals surface area (Å²) < 4.78 is 41.5. The Balaban J connectivity index is 0.000000531. The quantitative estimate of drug-likeness (QED) is 0.0249. The van der Waals surface area contributed by atoms with Gasteiger partial charge in [0.15, 0.2) is 24.5 Å². The molecule has 96 heavy (non-hydrogen) atoms. The van der Waals surface area contributed by atoms with E-state index in [4.69, 9.17) is 0 Å². The van der Waals surface area contributed by atoms with Crippen molar-refractivity contribution >= 4 is 121 Å². The summed E-state index contributed by atoms with van der Waals surface area (Å²) in [4.78, 5) is 28.6. The summed E-state index contributed by atoms with van der Waals surface area (Å²) >= 11 is 7.68. The third kappa shape index (κ3) is 11.8. The lowest BCUT2D eigenvalue weighted by Gasteiger charge is -2.36. The first-order valence-electron chi connectivity index (χ1n) is 32.3. The first-order chi connectivity index (χ1) is 46.0. The molecule has 6 aliphatic rings. The second kappa shape index (κ2) is 26.2. The van der Waals surface area contributed by atoms with E-state index in [2.05, 4.69) is 235 Å². The standard InChI is InChI=1S/C70H68Br2N6O4.C6H6O6S2/c1-67(2)61(23-17-25-63-69(35-13-7-14-36-69)51-39-59(77(79)80)53(71)41-57(51)73(63)5)75(55-33-31-47-19-9-11-21-49(47)65(55)67)43-45-27-29-46(30-28-45)44-76-56-34-32-48-20-10-12-22-50(48)66(56)68(3,4)62(76)24-18-26-64-70(37-15-8-16-38-70)52-40-60(78(81)82)54(72)42-58(52)74(64)6;7-11-12-13-5-1-3-6(4-2-5)14(8,9)10/h9-12,17-34,39-42H,7-8,13-16,35-38,43-44H2,1-6H3;1-4,7H,(H,8,9,10)/q+2;/p-2. The lowest BCUT2D eigenvalue weighted by Crippen LogP contribution is -2.32. The molecule has 492 valence electrons. The van der Waals surface area contributed by atoms with Crippen molar-refractivity contribution in [2.75, 3.05) is 23.9 Å².